The van der Waals surface area contributed by atoms with Crippen molar-refractivity contribution in [2.75, 3.05) is 13.1 Å². The van der Waals surface area contributed by atoms with Crippen LogP contribution in [-0.2, 0) is 9.59 Å². The summed E-state index contributed by atoms with van der Waals surface area (Å²) in [6, 6.07) is 0. The maximum atomic E-state index is 10.9. The fourth-order valence-corrected chi connectivity index (χ4v) is 1.27. The van der Waals surface area contributed by atoms with Crippen LogP contribution >= 0.6 is 0 Å². The summed E-state index contributed by atoms with van der Waals surface area (Å²) in [6.07, 6.45) is 0.888. The van der Waals surface area contributed by atoms with Gasteiger partial charge in [-0.3, -0.25) is 19.6 Å². The number of hydrogen-bond donors (Lipinski definition) is 0. The molecule has 11 heavy (non-hydrogen) atoms. The monoisotopic (exact) mass is 156 g/mol. The molecule has 1 aliphatic heterocycles. The van der Waals surface area contributed by atoms with E-state index in [9.17, 15) is 9.59 Å². The van der Waals surface area contributed by atoms with Crippen LogP contribution in [0.3, 0.4) is 0 Å². The van der Waals surface area contributed by atoms with Gasteiger partial charge in [-0.15, -0.1) is 0 Å². The van der Waals surface area contributed by atoms with E-state index in [2.05, 4.69) is 0 Å². The number of hydrazine groups is 1. The van der Waals surface area contributed by atoms with E-state index in [4.69, 9.17) is 0 Å². The van der Waals surface area contributed by atoms with E-state index >= 15 is 0 Å². The maximum absolute atomic E-state index is 10.9. The second-order valence-electron chi connectivity index (χ2n) is 2.64. The van der Waals surface area contributed by atoms with Crippen molar-refractivity contribution >= 4 is 11.8 Å². The third-order valence-corrected chi connectivity index (χ3v) is 1.76. The molecule has 0 unspecified atom stereocenters. The van der Waals surface area contributed by atoms with Gasteiger partial charge in [0.25, 0.3) is 0 Å². The zero-order valence-corrected chi connectivity index (χ0v) is 6.83. The van der Waals surface area contributed by atoms with Gasteiger partial charge < -0.3 is 0 Å². The van der Waals surface area contributed by atoms with Crippen molar-refractivity contribution < 1.29 is 9.59 Å². The van der Waals surface area contributed by atoms with Gasteiger partial charge in [-0.25, -0.2) is 0 Å². The van der Waals surface area contributed by atoms with Crippen LogP contribution in [0.5, 0.6) is 0 Å². The van der Waals surface area contributed by atoms with Crippen LogP contribution in [0.1, 0.15) is 20.3 Å². The van der Waals surface area contributed by atoms with E-state index in [0.717, 1.165) is 6.42 Å². The maximum Gasteiger partial charge on any atom is 0.238 e. The lowest BCUT2D eigenvalue weighted by atomic mass is 10.4. The van der Waals surface area contributed by atoms with Crippen molar-refractivity contribution in [3.05, 3.63) is 0 Å². The van der Waals surface area contributed by atoms with E-state index in [1.165, 1.54) is 23.9 Å². The topological polar surface area (TPSA) is 40.6 Å². The molecule has 0 bridgehead atoms. The third-order valence-electron chi connectivity index (χ3n) is 1.76. The van der Waals surface area contributed by atoms with Crippen LogP contribution in [-0.4, -0.2) is 34.9 Å². The average molecular weight is 156 g/mol. The first-order chi connectivity index (χ1) is 5.13. The summed E-state index contributed by atoms with van der Waals surface area (Å²) < 4.78 is 0. The van der Waals surface area contributed by atoms with E-state index in [1.807, 2.05) is 0 Å². The lowest BCUT2D eigenvalue weighted by molar-refractivity contribution is -0.154. The summed E-state index contributed by atoms with van der Waals surface area (Å²) in [4.78, 5) is 21.8. The molecule has 1 saturated heterocycles. The fourth-order valence-electron chi connectivity index (χ4n) is 1.27. The van der Waals surface area contributed by atoms with Crippen LogP contribution in [0, 0.1) is 0 Å². The summed E-state index contributed by atoms with van der Waals surface area (Å²) in [5.74, 6) is -0.115. The summed E-state index contributed by atoms with van der Waals surface area (Å²) in [5, 5.41) is 2.98. The first-order valence-corrected chi connectivity index (χ1v) is 3.69. The Balaban J connectivity index is 2.65. The molecule has 0 radical (unpaired) electrons. The lowest BCUT2D eigenvalue weighted by Gasteiger charge is -2.25. The van der Waals surface area contributed by atoms with Crippen molar-refractivity contribution in [2.45, 2.75) is 20.3 Å². The van der Waals surface area contributed by atoms with Crippen LogP contribution < -0.4 is 0 Å². The minimum atomic E-state index is -0.0577. The summed E-state index contributed by atoms with van der Waals surface area (Å²) in [5.41, 5.74) is 0. The van der Waals surface area contributed by atoms with Gasteiger partial charge >= 0.3 is 0 Å². The van der Waals surface area contributed by atoms with Gasteiger partial charge in [0.1, 0.15) is 0 Å². The first kappa shape index (κ1) is 8.04. The van der Waals surface area contributed by atoms with E-state index in [1.54, 1.807) is 0 Å². The Bertz CT molecular complexity index is 171. The number of carbonyl (C=O) groups excluding carboxylic acids is 2. The Labute approximate surface area is 65.7 Å². The minimum absolute atomic E-state index is 0.0577. The predicted molar refractivity (Wildman–Crippen MR) is 39.4 cm³/mol. The zero-order chi connectivity index (χ0) is 8.43. The molecule has 1 fully saturated rings. The SMILES string of the molecule is CC(=O)N1CCCN1C(C)=O. The van der Waals surface area contributed by atoms with Crippen LogP contribution in [0.2, 0.25) is 0 Å². The fraction of sp³-hybridized carbons (Fsp3) is 0.714. The Morgan fingerprint density at radius 3 is 1.64 bits per heavy atom. The Morgan fingerprint density at radius 2 is 1.36 bits per heavy atom. The standard InChI is InChI=1S/C7H12N2O2/c1-6(10)8-4-3-5-9(8)7(2)11/h3-5H2,1-2H3. The quantitative estimate of drug-likeness (QED) is 0.495. The van der Waals surface area contributed by atoms with Crippen molar-refractivity contribution in [2.24, 2.45) is 0 Å². The third kappa shape index (κ3) is 1.50. The van der Waals surface area contributed by atoms with E-state index < -0.39 is 0 Å². The van der Waals surface area contributed by atoms with Gasteiger partial charge in [0, 0.05) is 26.9 Å². The highest BCUT2D eigenvalue weighted by Gasteiger charge is 2.25. The zero-order valence-electron chi connectivity index (χ0n) is 6.83. The average Bonchev–Trinajstić information content (AvgIpc) is 2.32. The molecule has 4 nitrogen and oxygen atoms in total. The molecule has 0 aliphatic carbocycles. The Kier molecular flexibility index (Phi) is 2.12. The molecule has 2 amide bonds. The first-order valence-electron chi connectivity index (χ1n) is 3.69. The minimum Gasteiger partial charge on any atom is -0.273 e. The molecule has 0 aromatic rings. The van der Waals surface area contributed by atoms with Crippen molar-refractivity contribution in [1.29, 1.82) is 0 Å². The van der Waals surface area contributed by atoms with Gasteiger partial charge in [0.05, 0.1) is 0 Å². The molecule has 4 heteroatoms. The Hall–Kier alpha value is -1.06. The molecule has 0 aromatic carbocycles. The highest BCUT2D eigenvalue weighted by atomic mass is 16.2. The molecule has 1 rings (SSSR count). The number of carbonyl (C=O) groups is 2. The largest absolute Gasteiger partial charge is 0.273 e. The molecule has 1 heterocycles. The van der Waals surface area contributed by atoms with Crippen LogP contribution in [0.15, 0.2) is 0 Å². The van der Waals surface area contributed by atoms with Gasteiger partial charge in [0.15, 0.2) is 0 Å². The lowest BCUT2D eigenvalue weighted by Crippen LogP contribution is -2.42. The van der Waals surface area contributed by atoms with Gasteiger partial charge in [-0.05, 0) is 6.42 Å². The van der Waals surface area contributed by atoms with Gasteiger partial charge in [0.2, 0.25) is 11.8 Å². The van der Waals surface area contributed by atoms with E-state index in [-0.39, 0.29) is 11.8 Å². The second-order valence-corrected chi connectivity index (χ2v) is 2.64. The number of rotatable bonds is 0. The second kappa shape index (κ2) is 2.90. The molecular weight excluding hydrogens is 144 g/mol. The molecule has 0 N–H and O–H groups in total. The van der Waals surface area contributed by atoms with E-state index in [0.29, 0.717) is 13.1 Å². The number of nitrogens with zero attached hydrogens (tertiary/aromatic N) is 2. The molecule has 0 atom stereocenters. The number of hydrogen-bond acceptors (Lipinski definition) is 2. The molecule has 0 spiro atoms. The molecule has 0 aromatic heterocycles. The summed E-state index contributed by atoms with van der Waals surface area (Å²) >= 11 is 0. The highest BCUT2D eigenvalue weighted by molar-refractivity contribution is 5.79. The highest BCUT2D eigenvalue weighted by Crippen LogP contribution is 2.09. The predicted octanol–water partition coefficient (Wildman–Crippen LogP) is 0.00210. The number of amides is 2. The van der Waals surface area contributed by atoms with Crippen molar-refractivity contribution in [3.63, 3.8) is 0 Å². The smallest absolute Gasteiger partial charge is 0.238 e. The van der Waals surface area contributed by atoms with Crippen molar-refractivity contribution in [1.82, 2.24) is 10.0 Å². The Morgan fingerprint density at radius 1 is 1.00 bits per heavy atom. The molecule has 0 saturated carbocycles. The van der Waals surface area contributed by atoms with Crippen LogP contribution in [0.4, 0.5) is 0 Å². The summed E-state index contributed by atoms with van der Waals surface area (Å²) in [7, 11) is 0. The summed E-state index contributed by atoms with van der Waals surface area (Å²) in [6.45, 7) is 4.30. The van der Waals surface area contributed by atoms with Gasteiger partial charge in [-0.2, -0.15) is 0 Å². The molecule has 1 aliphatic rings. The normalized spacial score (nSPS) is 17.3. The molecular formula is C7H12N2O2. The van der Waals surface area contributed by atoms with Crippen LogP contribution in [0.25, 0.3) is 0 Å². The van der Waals surface area contributed by atoms with Gasteiger partial charge in [-0.1, -0.05) is 0 Å². The van der Waals surface area contributed by atoms with Crippen molar-refractivity contribution in [3.8, 4) is 0 Å². The molecule has 62 valence electrons.